The van der Waals surface area contributed by atoms with Gasteiger partial charge in [0.15, 0.2) is 5.13 Å². The van der Waals surface area contributed by atoms with Crippen LogP contribution in [-0.2, 0) is 11.2 Å². The van der Waals surface area contributed by atoms with Gasteiger partial charge in [-0.05, 0) is 38.7 Å². The van der Waals surface area contributed by atoms with Crippen molar-refractivity contribution < 1.29 is 14.0 Å². The normalized spacial score (nSPS) is 15.5. The van der Waals surface area contributed by atoms with Gasteiger partial charge < -0.3 is 9.73 Å². The number of furan rings is 1. The first-order valence-electron chi connectivity index (χ1n) is 8.03. The molecule has 0 spiro atoms. The smallest absolute Gasteiger partial charge is 0.260 e. The summed E-state index contributed by atoms with van der Waals surface area (Å²) in [7, 11) is 0. The molecule has 1 aliphatic rings. The van der Waals surface area contributed by atoms with Crippen molar-refractivity contribution in [2.75, 3.05) is 5.32 Å². The monoisotopic (exact) mass is 358 g/mol. The van der Waals surface area contributed by atoms with Gasteiger partial charge in [-0.15, -0.1) is 11.3 Å². The Kier molecular flexibility index (Phi) is 4.86. The van der Waals surface area contributed by atoms with Gasteiger partial charge in [0.25, 0.3) is 5.91 Å². The lowest BCUT2D eigenvalue weighted by Crippen LogP contribution is -2.45. The third kappa shape index (κ3) is 3.88. The van der Waals surface area contributed by atoms with E-state index in [2.05, 4.69) is 21.7 Å². The Balaban J connectivity index is 1.58. The number of anilines is 1. The number of nitrogens with zero attached hydrogens (tertiary/aromatic N) is 2. The Hall–Kier alpha value is -2.66. The van der Waals surface area contributed by atoms with Gasteiger partial charge in [0.1, 0.15) is 11.3 Å². The molecule has 2 aromatic rings. The van der Waals surface area contributed by atoms with E-state index in [1.165, 1.54) is 17.6 Å². The van der Waals surface area contributed by atoms with Gasteiger partial charge in [-0.2, -0.15) is 5.26 Å². The van der Waals surface area contributed by atoms with Crippen LogP contribution < -0.4 is 10.6 Å². The number of hydrogen-bond donors (Lipinski definition) is 2. The Labute approximate surface area is 149 Å². The predicted octanol–water partition coefficient (Wildman–Crippen LogP) is 2.79. The van der Waals surface area contributed by atoms with Crippen LogP contribution >= 0.6 is 11.3 Å². The number of carbonyl (C=O) groups excluding carboxylic acids is 2. The Morgan fingerprint density at radius 1 is 1.44 bits per heavy atom. The van der Waals surface area contributed by atoms with Crippen LogP contribution in [0.4, 0.5) is 5.13 Å². The second-order valence-corrected chi connectivity index (χ2v) is 6.97. The molecule has 2 N–H and O–H groups in total. The number of aromatic nitrogens is 1. The van der Waals surface area contributed by atoms with Crippen molar-refractivity contribution in [3.8, 4) is 6.07 Å². The minimum atomic E-state index is -0.733. The maximum Gasteiger partial charge on any atom is 0.260 e. The zero-order valence-electron chi connectivity index (χ0n) is 13.8. The van der Waals surface area contributed by atoms with Gasteiger partial charge in [-0.25, -0.2) is 4.98 Å². The van der Waals surface area contributed by atoms with E-state index in [-0.39, 0.29) is 18.2 Å². The molecule has 1 fully saturated rings. The van der Waals surface area contributed by atoms with Crippen LogP contribution in [-0.4, -0.2) is 22.3 Å². The lowest BCUT2D eigenvalue weighted by atomic mass is 9.99. The first kappa shape index (κ1) is 17.2. The van der Waals surface area contributed by atoms with Gasteiger partial charge in [0.05, 0.1) is 30.0 Å². The highest BCUT2D eigenvalue weighted by Crippen LogP contribution is 2.29. The fraction of sp³-hybridized carbons (Fsp3) is 0.412. The van der Waals surface area contributed by atoms with Crippen molar-refractivity contribution in [2.24, 2.45) is 0 Å². The van der Waals surface area contributed by atoms with Crippen LogP contribution in [0.3, 0.4) is 0 Å². The predicted molar refractivity (Wildman–Crippen MR) is 92.2 cm³/mol. The van der Waals surface area contributed by atoms with E-state index >= 15 is 0 Å². The van der Waals surface area contributed by atoms with Crippen molar-refractivity contribution in [1.29, 1.82) is 5.26 Å². The van der Waals surface area contributed by atoms with Crippen molar-refractivity contribution in [3.05, 3.63) is 34.7 Å². The van der Waals surface area contributed by atoms with Gasteiger partial charge in [-0.3, -0.25) is 14.9 Å². The Bertz CT molecular complexity index is 827. The lowest BCUT2D eigenvalue weighted by molar-refractivity contribution is -0.121. The van der Waals surface area contributed by atoms with Gasteiger partial charge in [0.2, 0.25) is 5.91 Å². The number of rotatable bonds is 5. The molecular formula is C17H18N4O3S. The van der Waals surface area contributed by atoms with E-state index in [9.17, 15) is 14.9 Å². The van der Waals surface area contributed by atoms with Crippen molar-refractivity contribution in [2.45, 2.75) is 44.6 Å². The average Bonchev–Trinajstić information content (AvgIpc) is 3.30. The van der Waals surface area contributed by atoms with Gasteiger partial charge in [0, 0.05) is 5.38 Å². The molecular weight excluding hydrogens is 340 g/mol. The molecule has 25 heavy (non-hydrogen) atoms. The van der Waals surface area contributed by atoms with E-state index in [1.54, 1.807) is 18.4 Å². The minimum Gasteiger partial charge on any atom is -0.469 e. The molecule has 1 saturated carbocycles. The Morgan fingerprint density at radius 3 is 2.84 bits per heavy atom. The van der Waals surface area contributed by atoms with Gasteiger partial charge in [-0.1, -0.05) is 0 Å². The quantitative estimate of drug-likeness (QED) is 0.854. The molecule has 8 heteroatoms. The van der Waals surface area contributed by atoms with E-state index in [0.717, 1.165) is 12.8 Å². The van der Waals surface area contributed by atoms with E-state index in [0.29, 0.717) is 35.0 Å². The summed E-state index contributed by atoms with van der Waals surface area (Å²) in [5.74, 6) is 0.00955. The summed E-state index contributed by atoms with van der Waals surface area (Å²) in [6, 6.07) is 3.82. The molecule has 2 heterocycles. The summed E-state index contributed by atoms with van der Waals surface area (Å²) in [5.41, 5.74) is 0.280. The molecule has 2 amide bonds. The molecule has 0 unspecified atom stereocenters. The molecule has 1 aliphatic carbocycles. The SMILES string of the molecule is Cc1occc1C(=O)Nc1nc(CC(=O)NC2(C#N)CCCC2)cs1. The molecule has 7 nitrogen and oxygen atoms in total. The molecule has 0 saturated heterocycles. The number of nitriles is 1. The minimum absolute atomic E-state index is 0.0839. The third-order valence-corrected chi connectivity index (χ3v) is 5.07. The molecule has 130 valence electrons. The number of aryl methyl sites for hydroxylation is 1. The maximum atomic E-state index is 12.2. The average molecular weight is 358 g/mol. The fourth-order valence-corrected chi connectivity index (χ4v) is 3.65. The number of thiazole rings is 1. The highest BCUT2D eigenvalue weighted by Gasteiger charge is 2.35. The molecule has 0 bridgehead atoms. The topological polar surface area (TPSA) is 108 Å². The zero-order valence-corrected chi connectivity index (χ0v) is 14.6. The highest BCUT2D eigenvalue weighted by molar-refractivity contribution is 7.14. The van der Waals surface area contributed by atoms with Crippen LogP contribution in [0.25, 0.3) is 0 Å². The highest BCUT2D eigenvalue weighted by atomic mass is 32.1. The standard InChI is InChI=1S/C17H18N4O3S/c1-11-13(4-7-24-11)15(23)20-16-19-12(9-25-16)8-14(22)21-17(10-18)5-2-3-6-17/h4,7,9H,2-3,5-6,8H2,1H3,(H,21,22)(H,19,20,23). The summed E-state index contributed by atoms with van der Waals surface area (Å²) >= 11 is 1.25. The largest absolute Gasteiger partial charge is 0.469 e. The van der Waals surface area contributed by atoms with Crippen molar-refractivity contribution in [1.82, 2.24) is 10.3 Å². The maximum absolute atomic E-state index is 12.2. The van der Waals surface area contributed by atoms with Crippen LogP contribution in [0.15, 0.2) is 22.1 Å². The molecule has 0 radical (unpaired) electrons. The summed E-state index contributed by atoms with van der Waals surface area (Å²) in [6.45, 7) is 1.71. The number of nitrogens with one attached hydrogen (secondary N) is 2. The summed E-state index contributed by atoms with van der Waals surface area (Å²) in [5, 5.41) is 17.0. The van der Waals surface area contributed by atoms with Crippen LogP contribution in [0.1, 0.15) is 47.5 Å². The summed E-state index contributed by atoms with van der Waals surface area (Å²) in [6.07, 6.45) is 4.83. The number of amides is 2. The van der Waals surface area contributed by atoms with E-state index in [4.69, 9.17) is 4.42 Å². The van der Waals surface area contributed by atoms with Crippen LogP contribution in [0.2, 0.25) is 0 Å². The molecule has 3 rings (SSSR count). The summed E-state index contributed by atoms with van der Waals surface area (Å²) < 4.78 is 5.11. The number of carbonyl (C=O) groups is 2. The molecule has 0 atom stereocenters. The lowest BCUT2D eigenvalue weighted by Gasteiger charge is -2.21. The summed E-state index contributed by atoms with van der Waals surface area (Å²) in [4.78, 5) is 28.6. The zero-order chi connectivity index (χ0) is 17.9. The Morgan fingerprint density at radius 2 is 2.20 bits per heavy atom. The van der Waals surface area contributed by atoms with Crippen molar-refractivity contribution in [3.63, 3.8) is 0 Å². The molecule has 0 aromatic carbocycles. The van der Waals surface area contributed by atoms with Crippen LogP contribution in [0.5, 0.6) is 0 Å². The fourth-order valence-electron chi connectivity index (χ4n) is 2.95. The second kappa shape index (κ2) is 7.07. The van der Waals surface area contributed by atoms with Crippen molar-refractivity contribution >= 4 is 28.3 Å². The number of hydrogen-bond acceptors (Lipinski definition) is 6. The second-order valence-electron chi connectivity index (χ2n) is 6.11. The third-order valence-electron chi connectivity index (χ3n) is 4.27. The van der Waals surface area contributed by atoms with E-state index < -0.39 is 5.54 Å². The van der Waals surface area contributed by atoms with Crippen LogP contribution in [0, 0.1) is 18.3 Å². The van der Waals surface area contributed by atoms with Gasteiger partial charge >= 0.3 is 0 Å². The van der Waals surface area contributed by atoms with E-state index in [1.807, 2.05) is 0 Å². The first-order valence-corrected chi connectivity index (χ1v) is 8.91. The first-order chi connectivity index (χ1) is 12.0. The molecule has 0 aliphatic heterocycles. The molecule has 2 aromatic heterocycles.